The first kappa shape index (κ1) is 13.8. The largest absolute Gasteiger partial charge is 0.451 e. The van der Waals surface area contributed by atoms with Gasteiger partial charge in [-0.2, -0.15) is 13.2 Å². The second-order valence-electron chi connectivity index (χ2n) is 3.81. The molecular weight excluding hydrogens is 281 g/mol. The molecule has 0 spiro atoms. The fraction of sp³-hybridized carbons (Fsp3) is 0.364. The zero-order valence-corrected chi connectivity index (χ0v) is 10.7. The van der Waals surface area contributed by atoms with E-state index in [1.54, 1.807) is 12.4 Å². The smallest absolute Gasteiger partial charge is 0.335 e. The van der Waals surface area contributed by atoms with Crippen molar-refractivity contribution in [3.05, 3.63) is 41.0 Å². The Hall–Kier alpha value is -1.63. The maximum absolute atomic E-state index is 12.6. The molecule has 0 aliphatic heterocycles. The van der Waals surface area contributed by atoms with Crippen molar-refractivity contribution in [1.29, 1.82) is 0 Å². The summed E-state index contributed by atoms with van der Waals surface area (Å²) < 4.78 is 39.5. The third-order valence-electron chi connectivity index (χ3n) is 2.48. The molecule has 8 heteroatoms. The highest BCUT2D eigenvalue weighted by atomic mass is 35.5. The zero-order chi connectivity index (χ0) is 14.0. The maximum Gasteiger partial charge on any atom is 0.451 e. The lowest BCUT2D eigenvalue weighted by Crippen LogP contribution is -2.13. The first-order chi connectivity index (χ1) is 8.90. The van der Waals surface area contributed by atoms with Crippen LogP contribution in [0.1, 0.15) is 24.3 Å². The summed E-state index contributed by atoms with van der Waals surface area (Å²) in [6.07, 6.45) is -1.10. The van der Waals surface area contributed by atoms with Crippen LogP contribution in [0.25, 0.3) is 0 Å². The van der Waals surface area contributed by atoms with E-state index in [0.717, 1.165) is 0 Å². The summed E-state index contributed by atoms with van der Waals surface area (Å²) >= 11 is 5.59. The number of aromatic nitrogens is 4. The van der Waals surface area contributed by atoms with Gasteiger partial charge in [0.2, 0.25) is 5.82 Å². The number of alkyl halides is 3. The number of hydrogen-bond donors (Lipinski definition) is 0. The van der Waals surface area contributed by atoms with Gasteiger partial charge in [-0.15, -0.1) is 0 Å². The van der Waals surface area contributed by atoms with E-state index in [1.807, 2.05) is 11.5 Å². The lowest BCUT2D eigenvalue weighted by Gasteiger charge is -2.08. The van der Waals surface area contributed by atoms with Crippen molar-refractivity contribution < 1.29 is 13.2 Å². The first-order valence-corrected chi connectivity index (χ1v) is 5.88. The molecule has 0 N–H and O–H groups in total. The third-order valence-corrected chi connectivity index (χ3v) is 2.68. The fourth-order valence-corrected chi connectivity index (χ4v) is 1.84. The SMILES string of the molecule is CCn1ccnc1Cc1cc(Cl)nc(C(F)(F)F)n1. The molecule has 2 heterocycles. The van der Waals surface area contributed by atoms with Gasteiger partial charge in [0.25, 0.3) is 0 Å². The summed E-state index contributed by atoms with van der Waals surface area (Å²) in [5.74, 6) is -0.602. The molecule has 0 atom stereocenters. The van der Waals surface area contributed by atoms with Gasteiger partial charge in [-0.1, -0.05) is 11.6 Å². The first-order valence-electron chi connectivity index (χ1n) is 5.51. The van der Waals surface area contributed by atoms with Gasteiger partial charge in [0, 0.05) is 25.4 Å². The van der Waals surface area contributed by atoms with Gasteiger partial charge in [-0.3, -0.25) is 0 Å². The van der Waals surface area contributed by atoms with Crippen molar-refractivity contribution in [2.75, 3.05) is 0 Å². The van der Waals surface area contributed by atoms with Crippen LogP contribution in [0.5, 0.6) is 0 Å². The molecule has 0 fully saturated rings. The summed E-state index contributed by atoms with van der Waals surface area (Å²) in [4.78, 5) is 10.7. The van der Waals surface area contributed by atoms with Crippen LogP contribution in [0.2, 0.25) is 5.15 Å². The van der Waals surface area contributed by atoms with Crippen molar-refractivity contribution in [1.82, 2.24) is 19.5 Å². The van der Waals surface area contributed by atoms with Crippen molar-refractivity contribution in [3.63, 3.8) is 0 Å². The van der Waals surface area contributed by atoms with Gasteiger partial charge in [0.15, 0.2) is 0 Å². The number of hydrogen-bond acceptors (Lipinski definition) is 3. The maximum atomic E-state index is 12.6. The predicted molar refractivity (Wildman–Crippen MR) is 62.8 cm³/mol. The average Bonchev–Trinajstić information content (AvgIpc) is 2.74. The zero-order valence-electron chi connectivity index (χ0n) is 9.95. The van der Waals surface area contributed by atoms with E-state index in [1.165, 1.54) is 6.07 Å². The van der Waals surface area contributed by atoms with Crippen LogP contribution in [0, 0.1) is 0 Å². The second-order valence-corrected chi connectivity index (χ2v) is 4.20. The normalized spacial score (nSPS) is 11.8. The number of halogens is 4. The Morgan fingerprint density at radius 2 is 2.05 bits per heavy atom. The van der Waals surface area contributed by atoms with Gasteiger partial charge >= 0.3 is 6.18 Å². The van der Waals surface area contributed by atoms with E-state index >= 15 is 0 Å². The quantitative estimate of drug-likeness (QED) is 0.816. The van der Waals surface area contributed by atoms with E-state index in [2.05, 4.69) is 15.0 Å². The van der Waals surface area contributed by atoms with Crippen molar-refractivity contribution in [2.45, 2.75) is 26.1 Å². The van der Waals surface area contributed by atoms with E-state index in [4.69, 9.17) is 11.6 Å². The van der Waals surface area contributed by atoms with Crippen LogP contribution in [-0.2, 0) is 19.1 Å². The van der Waals surface area contributed by atoms with Crippen molar-refractivity contribution in [3.8, 4) is 0 Å². The van der Waals surface area contributed by atoms with Gasteiger partial charge in [0.05, 0.1) is 5.69 Å². The minimum absolute atomic E-state index is 0.173. The highest BCUT2D eigenvalue weighted by Gasteiger charge is 2.35. The minimum Gasteiger partial charge on any atom is -0.335 e. The molecule has 0 aliphatic carbocycles. The van der Waals surface area contributed by atoms with E-state index in [-0.39, 0.29) is 17.3 Å². The topological polar surface area (TPSA) is 43.6 Å². The Kier molecular flexibility index (Phi) is 3.75. The fourth-order valence-electron chi connectivity index (χ4n) is 1.64. The molecule has 0 bridgehead atoms. The highest BCUT2D eigenvalue weighted by Crippen LogP contribution is 2.27. The van der Waals surface area contributed by atoms with E-state index in [9.17, 15) is 13.2 Å². The molecule has 2 aromatic heterocycles. The lowest BCUT2D eigenvalue weighted by molar-refractivity contribution is -0.145. The second kappa shape index (κ2) is 5.16. The molecule has 0 saturated heterocycles. The van der Waals surface area contributed by atoms with Crippen LogP contribution < -0.4 is 0 Å². The Morgan fingerprint density at radius 1 is 1.32 bits per heavy atom. The molecule has 0 radical (unpaired) electrons. The summed E-state index contributed by atoms with van der Waals surface area (Å²) in [7, 11) is 0. The molecule has 0 aromatic carbocycles. The molecule has 4 nitrogen and oxygen atoms in total. The van der Waals surface area contributed by atoms with Gasteiger partial charge in [0.1, 0.15) is 11.0 Å². The summed E-state index contributed by atoms with van der Waals surface area (Å²) in [6.45, 7) is 2.60. The number of nitrogens with zero attached hydrogens (tertiary/aromatic N) is 4. The van der Waals surface area contributed by atoms with Gasteiger partial charge < -0.3 is 4.57 Å². The molecule has 0 amide bonds. The van der Waals surface area contributed by atoms with Crippen LogP contribution in [0.15, 0.2) is 18.5 Å². The van der Waals surface area contributed by atoms with Crippen LogP contribution in [-0.4, -0.2) is 19.5 Å². The van der Waals surface area contributed by atoms with Crippen LogP contribution in [0.4, 0.5) is 13.2 Å². The molecule has 0 aliphatic rings. The van der Waals surface area contributed by atoms with Gasteiger partial charge in [-0.25, -0.2) is 15.0 Å². The molecule has 2 rings (SSSR count). The van der Waals surface area contributed by atoms with E-state index < -0.39 is 12.0 Å². The Balaban J connectivity index is 2.33. The molecule has 0 unspecified atom stereocenters. The number of rotatable bonds is 3. The van der Waals surface area contributed by atoms with Crippen LogP contribution >= 0.6 is 11.6 Å². The third kappa shape index (κ3) is 3.23. The molecule has 2 aromatic rings. The highest BCUT2D eigenvalue weighted by molar-refractivity contribution is 6.29. The van der Waals surface area contributed by atoms with Gasteiger partial charge in [-0.05, 0) is 13.0 Å². The summed E-state index contributed by atoms with van der Waals surface area (Å²) in [5, 5.41) is -0.230. The number of imidazole rings is 1. The Labute approximate surface area is 112 Å². The van der Waals surface area contributed by atoms with Crippen LogP contribution in [0.3, 0.4) is 0 Å². The minimum atomic E-state index is -4.61. The predicted octanol–water partition coefficient (Wildman–Crippen LogP) is 2.96. The van der Waals surface area contributed by atoms with E-state index in [0.29, 0.717) is 12.4 Å². The average molecular weight is 291 g/mol. The Morgan fingerprint density at radius 3 is 2.68 bits per heavy atom. The molecular formula is C11H10ClF3N4. The Bertz CT molecular complexity index is 580. The molecule has 102 valence electrons. The monoisotopic (exact) mass is 290 g/mol. The number of aryl methyl sites for hydroxylation is 1. The van der Waals surface area contributed by atoms with Crippen molar-refractivity contribution >= 4 is 11.6 Å². The molecule has 19 heavy (non-hydrogen) atoms. The standard InChI is InChI=1S/C11H10ClF3N4/c1-2-19-4-3-16-9(19)6-7-5-8(12)18-10(17-7)11(13,14)15/h3-5H,2,6H2,1H3. The lowest BCUT2D eigenvalue weighted by atomic mass is 10.3. The summed E-state index contributed by atoms with van der Waals surface area (Å²) in [5.41, 5.74) is 0.188. The molecule has 0 saturated carbocycles. The van der Waals surface area contributed by atoms with Crippen molar-refractivity contribution in [2.24, 2.45) is 0 Å². The summed E-state index contributed by atoms with van der Waals surface area (Å²) in [6, 6.07) is 1.31.